The molecule has 0 N–H and O–H groups in total. The topological polar surface area (TPSA) is 34.1 Å². The number of alkyl halides is 6. The molecule has 0 saturated carbocycles. The molecule has 0 amide bonds. The Labute approximate surface area is 158 Å². The van der Waals surface area contributed by atoms with Crippen molar-refractivity contribution in [3.63, 3.8) is 0 Å². The van der Waals surface area contributed by atoms with Crippen molar-refractivity contribution in [2.75, 3.05) is 0 Å². The summed E-state index contributed by atoms with van der Waals surface area (Å²) in [5.74, 6) is -0.298. The Bertz CT molecular complexity index is 775. The van der Waals surface area contributed by atoms with Crippen LogP contribution in [-0.2, 0) is 34.8 Å². The van der Waals surface area contributed by atoms with E-state index in [0.29, 0.717) is 18.6 Å². The summed E-state index contributed by atoms with van der Waals surface area (Å²) in [7, 11) is 0. The second-order valence-electron chi connectivity index (χ2n) is 6.16. The molecule has 8 heteroatoms. The molecule has 0 unspecified atom stereocenters. The molecule has 152 valence electrons. The Balaban J connectivity index is 0.000000330. The lowest BCUT2D eigenvalue weighted by Gasteiger charge is -2.13. The third-order valence-electron chi connectivity index (χ3n) is 3.40. The van der Waals surface area contributed by atoms with E-state index in [4.69, 9.17) is 0 Å². The minimum absolute atomic E-state index is 0.0314. The molecule has 0 fully saturated rings. The minimum atomic E-state index is -4.88. The zero-order valence-electron chi connectivity index (χ0n) is 15.1. The van der Waals surface area contributed by atoms with Gasteiger partial charge in [-0.3, -0.25) is 9.59 Å². The van der Waals surface area contributed by atoms with Gasteiger partial charge in [0.25, 0.3) is 0 Å². The van der Waals surface area contributed by atoms with Gasteiger partial charge < -0.3 is 0 Å². The number of Topliss-reactive ketones (excluding diaryl/α,β-unsaturated/α-hetero) is 2. The second-order valence-corrected chi connectivity index (χ2v) is 6.16. The van der Waals surface area contributed by atoms with Crippen molar-refractivity contribution in [3.05, 3.63) is 70.8 Å². The molecule has 28 heavy (non-hydrogen) atoms. The van der Waals surface area contributed by atoms with Crippen LogP contribution in [0.15, 0.2) is 48.5 Å². The van der Waals surface area contributed by atoms with Gasteiger partial charge in [0.2, 0.25) is 0 Å². The van der Waals surface area contributed by atoms with Gasteiger partial charge in [-0.2, -0.15) is 26.3 Å². The lowest BCUT2D eigenvalue weighted by molar-refractivity contribution is -0.143. The van der Waals surface area contributed by atoms with Gasteiger partial charge in [-0.25, -0.2) is 0 Å². The summed E-state index contributed by atoms with van der Waals surface area (Å²) < 4.78 is 74.5. The van der Waals surface area contributed by atoms with E-state index in [9.17, 15) is 35.9 Å². The third-order valence-corrected chi connectivity index (χ3v) is 3.40. The third kappa shape index (κ3) is 8.37. The molecule has 0 spiro atoms. The van der Waals surface area contributed by atoms with Crippen LogP contribution in [0.2, 0.25) is 0 Å². The summed E-state index contributed by atoms with van der Waals surface area (Å²) in [6.07, 6.45) is -9.67. The van der Waals surface area contributed by atoms with E-state index >= 15 is 0 Å². The van der Waals surface area contributed by atoms with Gasteiger partial charge >= 0.3 is 12.4 Å². The highest BCUT2D eigenvalue weighted by Gasteiger charge is 2.36. The van der Waals surface area contributed by atoms with E-state index < -0.39 is 35.7 Å². The van der Waals surface area contributed by atoms with Crippen molar-refractivity contribution < 1.29 is 35.9 Å². The Morgan fingerprint density at radius 1 is 0.679 bits per heavy atom. The molecule has 0 saturated heterocycles. The van der Waals surface area contributed by atoms with E-state index in [0.717, 1.165) is 12.5 Å². The number of carbonyl (C=O) groups is 2. The molecule has 2 rings (SSSR count). The van der Waals surface area contributed by atoms with Gasteiger partial charge in [0.1, 0.15) is 11.6 Å². The SMILES string of the molecule is CC(=O)Cc1cc(C(F)(F)F)cc(C(F)(F)F)c1.CC(=O)Cc1ccccc1. The van der Waals surface area contributed by atoms with Gasteiger partial charge in [0.15, 0.2) is 0 Å². The van der Waals surface area contributed by atoms with Crippen molar-refractivity contribution in [3.8, 4) is 0 Å². The summed E-state index contributed by atoms with van der Waals surface area (Å²) in [6, 6.07) is 10.9. The first-order chi connectivity index (χ1) is 12.8. The van der Waals surface area contributed by atoms with Crippen LogP contribution in [0.1, 0.15) is 36.1 Å². The van der Waals surface area contributed by atoms with Crippen LogP contribution >= 0.6 is 0 Å². The molecule has 2 aromatic rings. The molecule has 2 aromatic carbocycles. The van der Waals surface area contributed by atoms with Crippen LogP contribution in [0.3, 0.4) is 0 Å². The first-order valence-corrected chi connectivity index (χ1v) is 8.10. The lowest BCUT2D eigenvalue weighted by atomic mass is 10.0. The summed E-state index contributed by atoms with van der Waals surface area (Å²) >= 11 is 0. The summed E-state index contributed by atoms with van der Waals surface area (Å²) in [4.78, 5) is 21.4. The van der Waals surface area contributed by atoms with E-state index in [2.05, 4.69) is 0 Å². The second kappa shape index (κ2) is 9.52. The standard InChI is InChI=1S/C11H8F6O.C9H10O/c1-6(18)2-7-3-8(10(12,13)14)5-9(4-7)11(15,16)17;1-8(10)7-9-5-3-2-4-6-9/h3-5H,2H2,1H3;2-6H,7H2,1H3. The molecule has 0 aromatic heterocycles. The Morgan fingerprint density at radius 3 is 1.43 bits per heavy atom. The summed E-state index contributed by atoms with van der Waals surface area (Å²) in [5.41, 5.74) is -2.03. The molecule has 0 heterocycles. The number of rotatable bonds is 4. The van der Waals surface area contributed by atoms with Crippen LogP contribution < -0.4 is 0 Å². The van der Waals surface area contributed by atoms with Crippen molar-refractivity contribution in [2.45, 2.75) is 39.0 Å². The zero-order valence-corrected chi connectivity index (χ0v) is 15.1. The Kier molecular flexibility index (Phi) is 7.96. The largest absolute Gasteiger partial charge is 0.416 e. The van der Waals surface area contributed by atoms with E-state index in [1.165, 1.54) is 0 Å². The van der Waals surface area contributed by atoms with Crippen LogP contribution in [0.5, 0.6) is 0 Å². The fourth-order valence-electron chi connectivity index (χ4n) is 2.29. The molecule has 2 nitrogen and oxygen atoms in total. The molecule has 0 aliphatic carbocycles. The van der Waals surface area contributed by atoms with Gasteiger partial charge in [0, 0.05) is 12.8 Å². The van der Waals surface area contributed by atoms with E-state index in [1.54, 1.807) is 6.92 Å². The maximum atomic E-state index is 12.4. The molecular formula is C20H18F6O2. The zero-order chi connectivity index (χ0) is 21.5. The predicted octanol–water partition coefficient (Wildman–Crippen LogP) is 5.67. The van der Waals surface area contributed by atoms with Crippen LogP contribution in [0.25, 0.3) is 0 Å². The smallest absolute Gasteiger partial charge is 0.300 e. The maximum Gasteiger partial charge on any atom is 0.416 e. The number of benzene rings is 2. The highest BCUT2D eigenvalue weighted by atomic mass is 19.4. The lowest BCUT2D eigenvalue weighted by Crippen LogP contribution is -2.12. The number of halogens is 6. The van der Waals surface area contributed by atoms with Gasteiger partial charge in [-0.15, -0.1) is 0 Å². The molecule has 0 radical (unpaired) electrons. The first kappa shape index (κ1) is 23.4. The highest BCUT2D eigenvalue weighted by molar-refractivity contribution is 5.78. The minimum Gasteiger partial charge on any atom is -0.300 e. The van der Waals surface area contributed by atoms with Gasteiger partial charge in [0.05, 0.1) is 11.1 Å². The molecule has 0 aliphatic heterocycles. The fourth-order valence-corrected chi connectivity index (χ4v) is 2.29. The van der Waals surface area contributed by atoms with Crippen molar-refractivity contribution in [1.29, 1.82) is 0 Å². The molecule has 0 bridgehead atoms. The monoisotopic (exact) mass is 404 g/mol. The van der Waals surface area contributed by atoms with Gasteiger partial charge in [-0.05, 0) is 43.2 Å². The molecule has 0 aliphatic rings. The van der Waals surface area contributed by atoms with E-state index in [1.807, 2.05) is 30.3 Å². The first-order valence-electron chi connectivity index (χ1n) is 8.10. The average molecular weight is 404 g/mol. The quantitative estimate of drug-likeness (QED) is 0.615. The number of carbonyl (C=O) groups excluding carboxylic acids is 2. The molecule has 0 atom stereocenters. The number of hydrogen-bond donors (Lipinski definition) is 0. The fraction of sp³-hybridized carbons (Fsp3) is 0.300. The average Bonchev–Trinajstić information content (AvgIpc) is 2.53. The van der Waals surface area contributed by atoms with Crippen LogP contribution in [0.4, 0.5) is 26.3 Å². The van der Waals surface area contributed by atoms with E-state index in [-0.39, 0.29) is 17.4 Å². The Hall–Kier alpha value is -2.64. The summed E-state index contributed by atoms with van der Waals surface area (Å²) in [5, 5.41) is 0. The maximum absolute atomic E-state index is 12.4. The highest BCUT2D eigenvalue weighted by Crippen LogP contribution is 2.36. The van der Waals surface area contributed by atoms with Crippen molar-refractivity contribution in [1.82, 2.24) is 0 Å². The van der Waals surface area contributed by atoms with Crippen molar-refractivity contribution >= 4 is 11.6 Å². The number of hydrogen-bond acceptors (Lipinski definition) is 2. The van der Waals surface area contributed by atoms with Crippen LogP contribution in [-0.4, -0.2) is 11.6 Å². The van der Waals surface area contributed by atoms with Crippen molar-refractivity contribution in [2.24, 2.45) is 0 Å². The summed E-state index contributed by atoms with van der Waals surface area (Å²) in [6.45, 7) is 2.69. The number of ketones is 2. The molecular weight excluding hydrogens is 386 g/mol. The Morgan fingerprint density at radius 2 is 1.07 bits per heavy atom. The van der Waals surface area contributed by atoms with Gasteiger partial charge in [-0.1, -0.05) is 30.3 Å². The van der Waals surface area contributed by atoms with Crippen LogP contribution in [0, 0.1) is 0 Å². The normalized spacial score (nSPS) is 11.4. The predicted molar refractivity (Wildman–Crippen MR) is 91.7 cm³/mol.